The van der Waals surface area contributed by atoms with Crippen LogP contribution in [0.2, 0.25) is 0 Å². The van der Waals surface area contributed by atoms with E-state index in [1.165, 1.54) is 24.3 Å². The van der Waals surface area contributed by atoms with Gasteiger partial charge >= 0.3 is 0 Å². The number of alkyl halides is 1. The minimum Gasteiger partial charge on any atom is -0.380 e. The van der Waals surface area contributed by atoms with Gasteiger partial charge in [0.2, 0.25) is 0 Å². The molecule has 0 spiro atoms. The molecule has 1 aliphatic rings. The molecule has 1 saturated carbocycles. The number of thioether (sulfide) groups is 1. The highest BCUT2D eigenvalue weighted by molar-refractivity contribution is 7.99. The number of nitriles is 1. The van der Waals surface area contributed by atoms with E-state index in [4.69, 9.17) is 11.6 Å². The first-order valence-electron chi connectivity index (χ1n) is 12.1. The Bertz CT molecular complexity index is 1230. The summed E-state index contributed by atoms with van der Waals surface area (Å²) in [6, 6.07) is 12.4. The molecule has 200 valence electrons. The Hall–Kier alpha value is -2.32. The standard InChI is InChI=1S/C26H32ClFN4O3S2/c1-32(2)15-12-21(18-36-22-8-6-20(28)7-9-22)30-24-11-10-23(16-19(24)17-29)37(34,35)31-25(33)26(27)13-4-3-5-14-26/h6-11,16,21,30H,3-5,12-15,18H2,1-2H3,(H,31,33)/t21-/m1/s1. The second-order valence-electron chi connectivity index (χ2n) is 9.48. The zero-order chi connectivity index (χ0) is 27.1. The van der Waals surface area contributed by atoms with Crippen LogP contribution in [0.15, 0.2) is 52.3 Å². The number of carbonyl (C=O) groups is 1. The van der Waals surface area contributed by atoms with Gasteiger partial charge < -0.3 is 10.2 Å². The maximum absolute atomic E-state index is 13.2. The molecule has 0 saturated heterocycles. The number of sulfonamides is 1. The predicted octanol–water partition coefficient (Wildman–Crippen LogP) is 4.97. The van der Waals surface area contributed by atoms with Gasteiger partial charge in [0, 0.05) is 16.7 Å². The lowest BCUT2D eigenvalue weighted by molar-refractivity contribution is -0.122. The third-order valence-corrected chi connectivity index (χ3v) is 9.30. The van der Waals surface area contributed by atoms with Gasteiger partial charge in [-0.1, -0.05) is 19.3 Å². The van der Waals surface area contributed by atoms with Crippen molar-refractivity contribution in [2.24, 2.45) is 0 Å². The zero-order valence-corrected chi connectivity index (χ0v) is 23.4. The molecule has 0 aliphatic heterocycles. The molecule has 11 heteroatoms. The average Bonchev–Trinajstić information content (AvgIpc) is 2.86. The van der Waals surface area contributed by atoms with Gasteiger partial charge in [0.1, 0.15) is 16.8 Å². The van der Waals surface area contributed by atoms with Crippen molar-refractivity contribution in [1.82, 2.24) is 9.62 Å². The SMILES string of the molecule is CN(C)CC[C@H](CSc1ccc(F)cc1)Nc1ccc(S(=O)(=O)NC(=O)C2(Cl)CCCCC2)cc1C#N. The Balaban J connectivity index is 1.75. The summed E-state index contributed by atoms with van der Waals surface area (Å²) in [4.78, 5) is 14.3. The van der Waals surface area contributed by atoms with Gasteiger partial charge in [-0.2, -0.15) is 5.26 Å². The molecule has 1 atom stereocenters. The Morgan fingerprint density at radius 1 is 1.19 bits per heavy atom. The number of nitrogens with zero attached hydrogens (tertiary/aromatic N) is 2. The number of carbonyl (C=O) groups excluding carboxylic acids is 1. The zero-order valence-electron chi connectivity index (χ0n) is 21.0. The van der Waals surface area contributed by atoms with E-state index < -0.39 is 20.8 Å². The highest BCUT2D eigenvalue weighted by Crippen LogP contribution is 2.35. The maximum Gasteiger partial charge on any atom is 0.264 e. The molecular weight excluding hydrogens is 535 g/mol. The quantitative estimate of drug-likeness (QED) is 0.292. The molecule has 0 unspecified atom stereocenters. The Morgan fingerprint density at radius 3 is 2.49 bits per heavy atom. The van der Waals surface area contributed by atoms with Crippen LogP contribution < -0.4 is 10.0 Å². The van der Waals surface area contributed by atoms with Crippen LogP contribution in [0.4, 0.5) is 10.1 Å². The largest absolute Gasteiger partial charge is 0.380 e. The first kappa shape index (κ1) is 29.2. The molecule has 0 radical (unpaired) electrons. The van der Waals surface area contributed by atoms with E-state index in [0.29, 0.717) is 24.3 Å². The van der Waals surface area contributed by atoms with Gasteiger partial charge in [-0.15, -0.1) is 23.4 Å². The maximum atomic E-state index is 13.2. The monoisotopic (exact) mass is 566 g/mol. The lowest BCUT2D eigenvalue weighted by Crippen LogP contribution is -2.46. The Labute approximate surface area is 227 Å². The van der Waals surface area contributed by atoms with Crippen molar-refractivity contribution in [2.45, 2.75) is 59.2 Å². The van der Waals surface area contributed by atoms with Gasteiger partial charge in [0.05, 0.1) is 16.1 Å². The number of benzene rings is 2. The van der Waals surface area contributed by atoms with E-state index in [1.54, 1.807) is 30.0 Å². The van der Waals surface area contributed by atoms with Crippen LogP contribution >= 0.6 is 23.4 Å². The highest BCUT2D eigenvalue weighted by atomic mass is 35.5. The predicted molar refractivity (Wildman–Crippen MR) is 146 cm³/mol. The molecule has 0 bridgehead atoms. The number of halogens is 2. The number of amides is 1. The van der Waals surface area contributed by atoms with E-state index in [9.17, 15) is 22.9 Å². The fourth-order valence-corrected chi connectivity index (χ4v) is 6.50. The van der Waals surface area contributed by atoms with Crippen LogP contribution in [0, 0.1) is 17.1 Å². The molecule has 0 aromatic heterocycles. The number of hydrogen-bond acceptors (Lipinski definition) is 7. The molecule has 2 aromatic carbocycles. The van der Waals surface area contributed by atoms with Gasteiger partial charge in [-0.05, 0) is 82.4 Å². The van der Waals surface area contributed by atoms with Gasteiger partial charge in [-0.3, -0.25) is 4.79 Å². The van der Waals surface area contributed by atoms with Crippen LogP contribution in [0.3, 0.4) is 0 Å². The molecule has 1 aliphatic carbocycles. The van der Waals surface area contributed by atoms with Crippen molar-refractivity contribution in [3.63, 3.8) is 0 Å². The van der Waals surface area contributed by atoms with Gasteiger partial charge in [-0.25, -0.2) is 17.5 Å². The van der Waals surface area contributed by atoms with Crippen LogP contribution in [-0.2, 0) is 14.8 Å². The smallest absolute Gasteiger partial charge is 0.264 e. The van der Waals surface area contributed by atoms with E-state index >= 15 is 0 Å². The van der Waals surface area contributed by atoms with Crippen molar-refractivity contribution >= 4 is 45.0 Å². The summed E-state index contributed by atoms with van der Waals surface area (Å²) < 4.78 is 41.2. The second-order valence-corrected chi connectivity index (χ2v) is 13.0. The fraction of sp³-hybridized carbons (Fsp3) is 0.462. The van der Waals surface area contributed by atoms with Crippen molar-refractivity contribution in [1.29, 1.82) is 5.26 Å². The van der Waals surface area contributed by atoms with Gasteiger partial charge in [0.15, 0.2) is 0 Å². The van der Waals surface area contributed by atoms with Crippen molar-refractivity contribution in [3.05, 3.63) is 53.8 Å². The summed E-state index contributed by atoms with van der Waals surface area (Å²) in [5.74, 6) is -0.370. The second kappa shape index (κ2) is 13.0. The number of nitrogens with one attached hydrogen (secondary N) is 2. The lowest BCUT2D eigenvalue weighted by Gasteiger charge is -2.29. The van der Waals surface area contributed by atoms with Crippen LogP contribution in [0.5, 0.6) is 0 Å². The van der Waals surface area contributed by atoms with Crippen LogP contribution in [0.25, 0.3) is 0 Å². The normalized spacial score (nSPS) is 16.1. The minimum absolute atomic E-state index is 0.0471. The molecule has 2 aromatic rings. The molecular formula is C26H32ClFN4O3S2. The minimum atomic E-state index is -4.20. The van der Waals surface area contributed by atoms with Gasteiger partial charge in [0.25, 0.3) is 15.9 Å². The molecule has 1 amide bonds. The number of rotatable bonds is 11. The molecule has 7 nitrogen and oxygen atoms in total. The third kappa shape index (κ3) is 8.34. The van der Waals surface area contributed by atoms with Crippen LogP contribution in [0.1, 0.15) is 44.1 Å². The van der Waals surface area contributed by atoms with Crippen LogP contribution in [-0.4, -0.2) is 56.5 Å². The van der Waals surface area contributed by atoms with E-state index in [1.807, 2.05) is 14.1 Å². The Morgan fingerprint density at radius 2 is 1.86 bits per heavy atom. The Kier molecular flexibility index (Phi) is 10.2. The average molecular weight is 567 g/mol. The summed E-state index contributed by atoms with van der Waals surface area (Å²) in [5.41, 5.74) is 0.646. The molecule has 0 heterocycles. The topological polar surface area (TPSA) is 102 Å². The first-order valence-corrected chi connectivity index (χ1v) is 15.0. The summed E-state index contributed by atoms with van der Waals surface area (Å²) in [5, 5.41) is 13.1. The number of anilines is 1. The van der Waals surface area contributed by atoms with Crippen molar-refractivity contribution < 1.29 is 17.6 Å². The fourth-order valence-electron chi connectivity index (χ4n) is 4.08. The summed E-state index contributed by atoms with van der Waals surface area (Å²) in [7, 11) is -0.262. The van der Waals surface area contributed by atoms with E-state index in [0.717, 1.165) is 37.1 Å². The highest BCUT2D eigenvalue weighted by Gasteiger charge is 2.39. The molecule has 1 fully saturated rings. The summed E-state index contributed by atoms with van der Waals surface area (Å²) in [6.45, 7) is 0.794. The molecule has 3 rings (SSSR count). The summed E-state index contributed by atoms with van der Waals surface area (Å²) >= 11 is 7.99. The lowest BCUT2D eigenvalue weighted by atomic mass is 9.88. The molecule has 37 heavy (non-hydrogen) atoms. The number of hydrogen-bond donors (Lipinski definition) is 2. The van der Waals surface area contributed by atoms with Crippen molar-refractivity contribution in [2.75, 3.05) is 31.7 Å². The van der Waals surface area contributed by atoms with E-state index in [-0.39, 0.29) is 22.3 Å². The van der Waals surface area contributed by atoms with E-state index in [2.05, 4.69) is 21.0 Å². The van der Waals surface area contributed by atoms with Crippen molar-refractivity contribution in [3.8, 4) is 6.07 Å². The summed E-state index contributed by atoms with van der Waals surface area (Å²) in [6.07, 6.45) is 4.11. The third-order valence-electron chi connectivity index (χ3n) is 6.25. The molecule has 2 N–H and O–H groups in total. The first-order chi connectivity index (χ1) is 17.5.